The van der Waals surface area contributed by atoms with Crippen molar-refractivity contribution in [3.63, 3.8) is 0 Å². The molecule has 1 heterocycles. The van der Waals surface area contributed by atoms with E-state index in [1.54, 1.807) is 24.3 Å². The van der Waals surface area contributed by atoms with Crippen LogP contribution in [0.4, 0.5) is 8.78 Å². The number of nitrogens with zero attached hydrogens (tertiary/aromatic N) is 1. The summed E-state index contributed by atoms with van der Waals surface area (Å²) in [6.45, 7) is 2.54. The number of rotatable bonds is 6. The van der Waals surface area contributed by atoms with Crippen LogP contribution < -0.4 is 11.1 Å². The zero-order valence-corrected chi connectivity index (χ0v) is 16.9. The fraction of sp³-hybridized carbons (Fsp3) is 0.400. The molecule has 1 saturated heterocycles. The van der Waals surface area contributed by atoms with E-state index in [2.05, 4.69) is 5.32 Å². The van der Waals surface area contributed by atoms with Crippen LogP contribution in [0.3, 0.4) is 0 Å². The highest BCUT2D eigenvalue weighted by molar-refractivity contribution is 7.89. The Kier molecular flexibility index (Phi) is 6.65. The molecule has 3 rings (SSSR count). The van der Waals surface area contributed by atoms with Crippen molar-refractivity contribution in [2.75, 3.05) is 19.6 Å². The molecule has 158 valence electrons. The molecule has 0 aliphatic carbocycles. The van der Waals surface area contributed by atoms with Gasteiger partial charge in [0.15, 0.2) is 0 Å². The van der Waals surface area contributed by atoms with Crippen LogP contribution >= 0.6 is 0 Å². The molecule has 1 aliphatic heterocycles. The van der Waals surface area contributed by atoms with E-state index in [1.165, 1.54) is 4.31 Å². The van der Waals surface area contributed by atoms with Gasteiger partial charge >= 0.3 is 0 Å². The molecule has 1 unspecified atom stereocenters. The third-order valence-corrected chi connectivity index (χ3v) is 6.95. The number of sulfonamides is 1. The Morgan fingerprint density at radius 1 is 1.21 bits per heavy atom. The van der Waals surface area contributed by atoms with Gasteiger partial charge in [0.2, 0.25) is 10.0 Å². The molecule has 1 aliphatic rings. The summed E-state index contributed by atoms with van der Waals surface area (Å²) in [6.07, 6.45) is -1.05. The number of nitrogens with two attached hydrogens (primary N) is 1. The minimum Gasteiger partial charge on any atom is -0.390 e. The first-order valence-corrected chi connectivity index (χ1v) is 10.8. The topological polar surface area (TPSA) is 95.7 Å². The van der Waals surface area contributed by atoms with Gasteiger partial charge in [-0.1, -0.05) is 17.7 Å². The number of halogens is 2. The third kappa shape index (κ3) is 5.18. The number of piperazine rings is 1. The summed E-state index contributed by atoms with van der Waals surface area (Å²) >= 11 is 0. The average Bonchev–Trinajstić information content (AvgIpc) is 2.67. The number of nitrogens with one attached hydrogen (secondary N) is 1. The van der Waals surface area contributed by atoms with Crippen molar-refractivity contribution in [2.45, 2.75) is 36.4 Å². The monoisotopic (exact) mass is 425 g/mol. The summed E-state index contributed by atoms with van der Waals surface area (Å²) in [4.78, 5) is 0.192. The van der Waals surface area contributed by atoms with Gasteiger partial charge in [-0.05, 0) is 43.2 Å². The molecule has 6 nitrogen and oxygen atoms in total. The second-order valence-electron chi connectivity index (χ2n) is 7.37. The molecule has 0 spiro atoms. The minimum atomic E-state index is -3.70. The van der Waals surface area contributed by atoms with Crippen LogP contribution in [0.1, 0.15) is 11.1 Å². The Hall–Kier alpha value is -1.91. The van der Waals surface area contributed by atoms with Crippen molar-refractivity contribution in [2.24, 2.45) is 5.73 Å². The molecule has 29 heavy (non-hydrogen) atoms. The van der Waals surface area contributed by atoms with Gasteiger partial charge in [0.25, 0.3) is 0 Å². The fourth-order valence-electron chi connectivity index (χ4n) is 3.48. The molecule has 0 amide bonds. The Labute approximate surface area is 169 Å². The Morgan fingerprint density at radius 2 is 1.83 bits per heavy atom. The molecule has 0 radical (unpaired) electrons. The first-order chi connectivity index (χ1) is 13.7. The van der Waals surface area contributed by atoms with E-state index in [1.807, 2.05) is 6.92 Å². The first kappa shape index (κ1) is 21.8. The lowest BCUT2D eigenvalue weighted by atomic mass is 9.96. The summed E-state index contributed by atoms with van der Waals surface area (Å²) in [6, 6.07) is 8.25. The van der Waals surface area contributed by atoms with Gasteiger partial charge in [-0.25, -0.2) is 17.2 Å². The van der Waals surface area contributed by atoms with E-state index in [0.29, 0.717) is 12.1 Å². The number of hydrogen-bond acceptors (Lipinski definition) is 5. The third-order valence-electron chi connectivity index (χ3n) is 5.07. The lowest BCUT2D eigenvalue weighted by Crippen LogP contribution is -2.60. The maximum Gasteiger partial charge on any atom is 0.243 e. The average molecular weight is 426 g/mol. The summed E-state index contributed by atoms with van der Waals surface area (Å²) in [7, 11) is -3.70. The van der Waals surface area contributed by atoms with Crippen LogP contribution in [-0.2, 0) is 16.4 Å². The van der Waals surface area contributed by atoms with E-state index in [-0.39, 0.29) is 24.4 Å². The number of aryl methyl sites for hydroxylation is 1. The molecular formula is C20H25F2N3O3S. The smallest absolute Gasteiger partial charge is 0.243 e. The van der Waals surface area contributed by atoms with Crippen LogP contribution in [0.15, 0.2) is 47.4 Å². The van der Waals surface area contributed by atoms with Gasteiger partial charge in [-0.3, -0.25) is 0 Å². The molecule has 0 saturated carbocycles. The van der Waals surface area contributed by atoms with Crippen LogP contribution in [0.2, 0.25) is 0 Å². The number of aliphatic hydroxyl groups is 1. The van der Waals surface area contributed by atoms with Gasteiger partial charge in [-0.15, -0.1) is 0 Å². The van der Waals surface area contributed by atoms with Gasteiger partial charge in [0, 0.05) is 37.8 Å². The quantitative estimate of drug-likeness (QED) is 0.646. The van der Waals surface area contributed by atoms with Crippen LogP contribution in [0.25, 0.3) is 0 Å². The summed E-state index contributed by atoms with van der Waals surface area (Å²) in [5, 5.41) is 13.7. The van der Waals surface area contributed by atoms with Gasteiger partial charge in [-0.2, -0.15) is 4.31 Å². The number of hydrogen-bond donors (Lipinski definition) is 3. The standard InChI is InChI=1S/C20H25F2N3O3S/c1-13-2-4-17(5-3-13)29(27,28)25-7-6-24-19(12-25)20(26)18(23)10-14-8-15(21)11-16(22)9-14/h2-5,8-9,11,18-20,24,26H,6-7,10,12,23H2,1H3/t18?,19-,20+/m1/s1. The zero-order valence-electron chi connectivity index (χ0n) is 16.1. The number of benzene rings is 2. The molecule has 2 aromatic carbocycles. The van der Waals surface area contributed by atoms with Crippen molar-refractivity contribution in [1.82, 2.24) is 9.62 Å². The second-order valence-corrected chi connectivity index (χ2v) is 9.31. The van der Waals surface area contributed by atoms with Crippen LogP contribution in [-0.4, -0.2) is 55.7 Å². The van der Waals surface area contributed by atoms with Gasteiger partial charge in [0.05, 0.1) is 11.0 Å². The number of aliphatic hydroxyl groups excluding tert-OH is 1. The molecule has 3 atom stereocenters. The lowest BCUT2D eigenvalue weighted by Gasteiger charge is -2.37. The highest BCUT2D eigenvalue weighted by Crippen LogP contribution is 2.20. The van der Waals surface area contributed by atoms with Crippen LogP contribution in [0, 0.1) is 18.6 Å². The van der Waals surface area contributed by atoms with Crippen molar-refractivity contribution in [3.8, 4) is 0 Å². The molecule has 4 N–H and O–H groups in total. The molecule has 2 aromatic rings. The molecule has 1 fully saturated rings. The van der Waals surface area contributed by atoms with Crippen molar-refractivity contribution in [1.29, 1.82) is 0 Å². The van der Waals surface area contributed by atoms with E-state index in [9.17, 15) is 22.3 Å². The summed E-state index contributed by atoms with van der Waals surface area (Å²) < 4.78 is 53.9. The molecule has 9 heteroatoms. The SMILES string of the molecule is Cc1ccc(S(=O)(=O)N2CCN[C@@H]([C@@H](O)C(N)Cc3cc(F)cc(F)c3)C2)cc1. The predicted molar refractivity (Wildman–Crippen MR) is 106 cm³/mol. The predicted octanol–water partition coefficient (Wildman–Crippen LogP) is 1.17. The maximum absolute atomic E-state index is 13.4. The van der Waals surface area contributed by atoms with E-state index in [0.717, 1.165) is 23.8 Å². The van der Waals surface area contributed by atoms with E-state index in [4.69, 9.17) is 5.73 Å². The fourth-order valence-corrected chi connectivity index (χ4v) is 4.94. The molecule has 0 bridgehead atoms. The molecule has 0 aromatic heterocycles. The van der Waals surface area contributed by atoms with E-state index < -0.39 is 39.8 Å². The Morgan fingerprint density at radius 3 is 2.45 bits per heavy atom. The van der Waals surface area contributed by atoms with E-state index >= 15 is 0 Å². The van der Waals surface area contributed by atoms with Crippen molar-refractivity contribution >= 4 is 10.0 Å². The first-order valence-electron chi connectivity index (χ1n) is 9.35. The van der Waals surface area contributed by atoms with Gasteiger partial charge < -0.3 is 16.2 Å². The maximum atomic E-state index is 13.4. The van der Waals surface area contributed by atoms with Gasteiger partial charge in [0.1, 0.15) is 11.6 Å². The molecular weight excluding hydrogens is 400 g/mol. The normalized spacial score (nSPS) is 20.4. The van der Waals surface area contributed by atoms with Crippen molar-refractivity contribution in [3.05, 3.63) is 65.2 Å². The summed E-state index contributed by atoms with van der Waals surface area (Å²) in [5.74, 6) is -1.43. The largest absolute Gasteiger partial charge is 0.390 e. The Bertz CT molecular complexity index is 934. The highest BCUT2D eigenvalue weighted by Gasteiger charge is 2.35. The van der Waals surface area contributed by atoms with Crippen molar-refractivity contribution < 1.29 is 22.3 Å². The zero-order chi connectivity index (χ0) is 21.2. The second kappa shape index (κ2) is 8.85. The van der Waals surface area contributed by atoms with Crippen LogP contribution in [0.5, 0.6) is 0 Å². The lowest BCUT2D eigenvalue weighted by molar-refractivity contribution is 0.0799. The Balaban J connectivity index is 1.69. The summed E-state index contributed by atoms with van der Waals surface area (Å²) in [5.41, 5.74) is 7.34. The minimum absolute atomic E-state index is 0.0442. The highest BCUT2D eigenvalue weighted by atomic mass is 32.2.